The fourth-order valence-corrected chi connectivity index (χ4v) is 2.88. The Morgan fingerprint density at radius 2 is 1.95 bits per heavy atom. The smallest absolute Gasteiger partial charge is 0.303 e. The van der Waals surface area contributed by atoms with Crippen LogP contribution in [0.4, 0.5) is 0 Å². The molecule has 7 heteroatoms. The average molecular weight is 309 g/mol. The molecule has 1 unspecified atom stereocenters. The molecular weight excluding hydrogens is 282 g/mol. The molecule has 0 aliphatic rings. The number of carboxylic acid groups (broad SMARTS) is 1. The monoisotopic (exact) mass is 309 g/mol. The molecule has 120 valence electrons. The number of nitrogens with one attached hydrogen (secondary N) is 1. The van der Waals surface area contributed by atoms with Gasteiger partial charge in [0.15, 0.2) is 0 Å². The van der Waals surface area contributed by atoms with Crippen molar-refractivity contribution in [1.29, 1.82) is 0 Å². The van der Waals surface area contributed by atoms with E-state index in [1.165, 1.54) is 0 Å². The Morgan fingerprint density at radius 1 is 1.25 bits per heavy atom. The standard InChI is InChI=1S/C13H27NO5S/c1-3-5-12(6-7-13(15)16)8-9-14-20(17,18)11-10-19-4-2/h12,14H,3-11H2,1-2H3,(H,15,16). The van der Waals surface area contributed by atoms with Gasteiger partial charge in [-0.05, 0) is 25.7 Å². The van der Waals surface area contributed by atoms with Crippen LogP contribution < -0.4 is 4.72 Å². The van der Waals surface area contributed by atoms with Gasteiger partial charge >= 0.3 is 5.97 Å². The topological polar surface area (TPSA) is 92.7 Å². The van der Waals surface area contributed by atoms with Gasteiger partial charge in [0, 0.05) is 19.6 Å². The highest BCUT2D eigenvalue weighted by Gasteiger charge is 2.13. The Morgan fingerprint density at radius 3 is 2.50 bits per heavy atom. The van der Waals surface area contributed by atoms with E-state index in [4.69, 9.17) is 9.84 Å². The maximum absolute atomic E-state index is 11.6. The Balaban J connectivity index is 3.99. The summed E-state index contributed by atoms with van der Waals surface area (Å²) in [5.41, 5.74) is 0. The molecule has 0 spiro atoms. The molecule has 20 heavy (non-hydrogen) atoms. The van der Waals surface area contributed by atoms with E-state index in [1.54, 1.807) is 0 Å². The number of aliphatic carboxylic acids is 1. The second-order valence-electron chi connectivity index (χ2n) is 4.79. The van der Waals surface area contributed by atoms with Crippen molar-refractivity contribution in [2.45, 2.75) is 46.0 Å². The van der Waals surface area contributed by atoms with Crippen LogP contribution in [0.15, 0.2) is 0 Å². The number of rotatable bonds is 13. The number of hydrogen-bond acceptors (Lipinski definition) is 4. The summed E-state index contributed by atoms with van der Waals surface area (Å²) in [7, 11) is -3.29. The van der Waals surface area contributed by atoms with Crippen LogP contribution in [0, 0.1) is 5.92 Å². The quantitative estimate of drug-likeness (QED) is 0.504. The van der Waals surface area contributed by atoms with Crippen molar-refractivity contribution < 1.29 is 23.1 Å². The van der Waals surface area contributed by atoms with E-state index >= 15 is 0 Å². The van der Waals surface area contributed by atoms with E-state index in [9.17, 15) is 13.2 Å². The van der Waals surface area contributed by atoms with Crippen LogP contribution in [0.1, 0.15) is 46.0 Å². The highest BCUT2D eigenvalue weighted by atomic mass is 32.2. The number of ether oxygens (including phenoxy) is 1. The molecule has 0 aliphatic heterocycles. The molecule has 0 fully saturated rings. The Kier molecular flexibility index (Phi) is 10.7. The van der Waals surface area contributed by atoms with Gasteiger partial charge in [0.05, 0.1) is 12.4 Å². The normalized spacial score (nSPS) is 13.3. The molecule has 2 N–H and O–H groups in total. The molecule has 6 nitrogen and oxygen atoms in total. The first-order valence-electron chi connectivity index (χ1n) is 7.18. The Hall–Kier alpha value is -0.660. The summed E-state index contributed by atoms with van der Waals surface area (Å²) >= 11 is 0. The summed E-state index contributed by atoms with van der Waals surface area (Å²) in [6.45, 7) is 4.92. The molecule has 0 radical (unpaired) electrons. The minimum absolute atomic E-state index is 0.0333. The molecule has 0 bridgehead atoms. The molecule has 0 amide bonds. The first-order valence-corrected chi connectivity index (χ1v) is 8.83. The van der Waals surface area contributed by atoms with Crippen LogP contribution in [0.25, 0.3) is 0 Å². The molecule has 0 saturated carbocycles. The van der Waals surface area contributed by atoms with Gasteiger partial charge in [0.25, 0.3) is 0 Å². The van der Waals surface area contributed by atoms with E-state index in [1.807, 2.05) is 13.8 Å². The van der Waals surface area contributed by atoms with Crippen LogP contribution in [0.3, 0.4) is 0 Å². The number of hydrogen-bond donors (Lipinski definition) is 2. The summed E-state index contributed by atoms with van der Waals surface area (Å²) in [6, 6.07) is 0. The van der Waals surface area contributed by atoms with Crippen molar-refractivity contribution in [3.63, 3.8) is 0 Å². The lowest BCUT2D eigenvalue weighted by atomic mass is 9.95. The van der Waals surface area contributed by atoms with Gasteiger partial charge in [-0.1, -0.05) is 19.8 Å². The number of carboxylic acids is 1. The number of carbonyl (C=O) groups is 1. The molecule has 0 aromatic heterocycles. The van der Waals surface area contributed by atoms with E-state index in [0.717, 1.165) is 12.8 Å². The van der Waals surface area contributed by atoms with Crippen molar-refractivity contribution in [2.24, 2.45) is 5.92 Å². The fraction of sp³-hybridized carbons (Fsp3) is 0.923. The SMILES string of the molecule is CCCC(CCNS(=O)(=O)CCOCC)CCC(=O)O. The summed E-state index contributed by atoms with van der Waals surface area (Å²) in [6.07, 6.45) is 3.32. The maximum Gasteiger partial charge on any atom is 0.303 e. The summed E-state index contributed by atoms with van der Waals surface area (Å²) < 4.78 is 30.8. The van der Waals surface area contributed by atoms with E-state index in [-0.39, 0.29) is 24.7 Å². The van der Waals surface area contributed by atoms with Crippen molar-refractivity contribution >= 4 is 16.0 Å². The molecule has 0 saturated heterocycles. The predicted molar refractivity (Wildman–Crippen MR) is 78.2 cm³/mol. The zero-order chi connectivity index (χ0) is 15.4. The zero-order valence-corrected chi connectivity index (χ0v) is 13.2. The lowest BCUT2D eigenvalue weighted by molar-refractivity contribution is -0.137. The largest absolute Gasteiger partial charge is 0.481 e. The Labute approximate surface area is 121 Å². The van der Waals surface area contributed by atoms with Crippen LogP contribution in [-0.4, -0.2) is 45.0 Å². The Bertz CT molecular complexity index is 356. The van der Waals surface area contributed by atoms with E-state index < -0.39 is 16.0 Å². The van der Waals surface area contributed by atoms with Crippen LogP contribution in [0.2, 0.25) is 0 Å². The van der Waals surface area contributed by atoms with Crippen molar-refractivity contribution in [1.82, 2.24) is 4.72 Å². The van der Waals surface area contributed by atoms with Crippen LogP contribution in [-0.2, 0) is 19.6 Å². The molecule has 0 aromatic rings. The van der Waals surface area contributed by atoms with Crippen LogP contribution in [0.5, 0.6) is 0 Å². The second-order valence-corrected chi connectivity index (χ2v) is 6.71. The van der Waals surface area contributed by atoms with Gasteiger partial charge in [-0.2, -0.15) is 0 Å². The van der Waals surface area contributed by atoms with Gasteiger partial charge < -0.3 is 9.84 Å². The van der Waals surface area contributed by atoms with E-state index in [2.05, 4.69) is 4.72 Å². The van der Waals surface area contributed by atoms with Gasteiger partial charge in [-0.25, -0.2) is 13.1 Å². The lowest BCUT2D eigenvalue weighted by Gasteiger charge is -2.15. The van der Waals surface area contributed by atoms with Gasteiger partial charge in [-0.15, -0.1) is 0 Å². The molecule has 0 rings (SSSR count). The first kappa shape index (κ1) is 19.3. The third kappa shape index (κ3) is 11.2. The molecule has 1 atom stereocenters. The lowest BCUT2D eigenvalue weighted by Crippen LogP contribution is -2.30. The highest BCUT2D eigenvalue weighted by molar-refractivity contribution is 7.89. The number of sulfonamides is 1. The third-order valence-corrected chi connectivity index (χ3v) is 4.39. The minimum atomic E-state index is -3.29. The first-order chi connectivity index (χ1) is 9.41. The summed E-state index contributed by atoms with van der Waals surface area (Å²) in [5, 5.41) is 8.68. The van der Waals surface area contributed by atoms with Crippen molar-refractivity contribution in [3.05, 3.63) is 0 Å². The van der Waals surface area contributed by atoms with Crippen molar-refractivity contribution in [2.75, 3.05) is 25.5 Å². The average Bonchev–Trinajstić information content (AvgIpc) is 2.35. The van der Waals surface area contributed by atoms with E-state index in [0.29, 0.717) is 26.0 Å². The fourth-order valence-electron chi connectivity index (χ4n) is 1.97. The van der Waals surface area contributed by atoms with Gasteiger partial charge in [-0.3, -0.25) is 4.79 Å². The minimum Gasteiger partial charge on any atom is -0.481 e. The van der Waals surface area contributed by atoms with Gasteiger partial charge in [0.1, 0.15) is 0 Å². The zero-order valence-electron chi connectivity index (χ0n) is 12.4. The molecule has 0 heterocycles. The summed E-state index contributed by atoms with van der Waals surface area (Å²) in [4.78, 5) is 10.6. The highest BCUT2D eigenvalue weighted by Crippen LogP contribution is 2.17. The molecular formula is C13H27NO5S. The predicted octanol–water partition coefficient (Wildman–Crippen LogP) is 1.61. The summed E-state index contributed by atoms with van der Waals surface area (Å²) in [5.74, 6) is -0.580. The van der Waals surface area contributed by atoms with Crippen molar-refractivity contribution in [3.8, 4) is 0 Å². The molecule has 0 aliphatic carbocycles. The second kappa shape index (κ2) is 11.0. The third-order valence-electron chi connectivity index (χ3n) is 3.04. The van der Waals surface area contributed by atoms with Gasteiger partial charge in [0.2, 0.25) is 10.0 Å². The molecule has 0 aromatic carbocycles. The van der Waals surface area contributed by atoms with Crippen LogP contribution >= 0.6 is 0 Å². The maximum atomic E-state index is 11.6.